The SMILES string of the molecule is CCOC(=O)c1cc2n(n1)C[C@](C)(C(=O)NCc1ccccc1)N(Cc1cccc(CC)c1)C2=O. The summed E-state index contributed by atoms with van der Waals surface area (Å²) >= 11 is 0. The minimum atomic E-state index is -1.22. The van der Waals surface area contributed by atoms with Crippen LogP contribution in [-0.4, -0.2) is 44.6 Å². The molecule has 0 spiro atoms. The van der Waals surface area contributed by atoms with Crippen molar-refractivity contribution in [3.05, 3.63) is 88.7 Å². The van der Waals surface area contributed by atoms with Crippen LogP contribution in [0.3, 0.4) is 0 Å². The average Bonchev–Trinajstić information content (AvgIpc) is 3.30. The van der Waals surface area contributed by atoms with E-state index in [-0.39, 0.29) is 42.9 Å². The Morgan fingerprint density at radius 3 is 2.46 bits per heavy atom. The first-order chi connectivity index (χ1) is 16.9. The van der Waals surface area contributed by atoms with Gasteiger partial charge in [0.2, 0.25) is 5.91 Å². The van der Waals surface area contributed by atoms with Crippen molar-refractivity contribution in [3.63, 3.8) is 0 Å². The number of rotatable bonds is 8. The maximum Gasteiger partial charge on any atom is 0.358 e. The van der Waals surface area contributed by atoms with Crippen LogP contribution in [0.4, 0.5) is 0 Å². The van der Waals surface area contributed by atoms with Gasteiger partial charge in [0, 0.05) is 19.2 Å². The fourth-order valence-corrected chi connectivity index (χ4v) is 4.29. The molecule has 3 aromatic rings. The van der Waals surface area contributed by atoms with E-state index in [1.807, 2.05) is 54.6 Å². The lowest BCUT2D eigenvalue weighted by molar-refractivity contribution is -0.133. The molecule has 1 aromatic heterocycles. The molecular weight excluding hydrogens is 444 g/mol. The van der Waals surface area contributed by atoms with Crippen molar-refractivity contribution < 1.29 is 19.1 Å². The number of aryl methyl sites for hydroxylation is 1. The number of hydrogen-bond acceptors (Lipinski definition) is 5. The Morgan fingerprint density at radius 1 is 1.03 bits per heavy atom. The van der Waals surface area contributed by atoms with E-state index in [1.165, 1.54) is 10.7 Å². The fraction of sp³-hybridized carbons (Fsp3) is 0.333. The highest BCUT2D eigenvalue weighted by molar-refractivity contribution is 6.01. The quantitative estimate of drug-likeness (QED) is 0.506. The molecule has 8 heteroatoms. The van der Waals surface area contributed by atoms with Gasteiger partial charge in [0.1, 0.15) is 11.2 Å². The monoisotopic (exact) mass is 474 g/mol. The number of nitrogens with zero attached hydrogens (tertiary/aromatic N) is 3. The molecule has 0 saturated heterocycles. The van der Waals surface area contributed by atoms with Crippen LogP contribution in [0.15, 0.2) is 60.7 Å². The molecule has 1 atom stereocenters. The summed E-state index contributed by atoms with van der Waals surface area (Å²) in [6.45, 7) is 6.42. The van der Waals surface area contributed by atoms with Crippen molar-refractivity contribution >= 4 is 17.8 Å². The zero-order valence-corrected chi connectivity index (χ0v) is 20.3. The van der Waals surface area contributed by atoms with E-state index in [2.05, 4.69) is 17.3 Å². The number of carbonyl (C=O) groups is 3. The van der Waals surface area contributed by atoms with Crippen molar-refractivity contribution in [1.29, 1.82) is 0 Å². The number of fused-ring (bicyclic) bond motifs is 1. The van der Waals surface area contributed by atoms with Crippen LogP contribution in [0, 0.1) is 0 Å². The lowest BCUT2D eigenvalue weighted by atomic mass is 9.93. The predicted molar refractivity (Wildman–Crippen MR) is 131 cm³/mol. The van der Waals surface area contributed by atoms with E-state index >= 15 is 0 Å². The van der Waals surface area contributed by atoms with Crippen LogP contribution >= 0.6 is 0 Å². The van der Waals surface area contributed by atoms with E-state index in [9.17, 15) is 14.4 Å². The third-order valence-corrected chi connectivity index (χ3v) is 6.31. The van der Waals surface area contributed by atoms with Gasteiger partial charge in [0.15, 0.2) is 5.69 Å². The van der Waals surface area contributed by atoms with Gasteiger partial charge in [-0.25, -0.2) is 4.79 Å². The van der Waals surface area contributed by atoms with Crippen LogP contribution in [0.1, 0.15) is 58.4 Å². The maximum absolute atomic E-state index is 13.7. The first-order valence-electron chi connectivity index (χ1n) is 11.8. The van der Waals surface area contributed by atoms with E-state index < -0.39 is 11.5 Å². The predicted octanol–water partition coefficient (Wildman–Crippen LogP) is 3.35. The second kappa shape index (κ2) is 10.1. The van der Waals surface area contributed by atoms with Crippen molar-refractivity contribution in [3.8, 4) is 0 Å². The van der Waals surface area contributed by atoms with E-state index in [0.29, 0.717) is 6.54 Å². The first kappa shape index (κ1) is 24.2. The number of amides is 2. The maximum atomic E-state index is 13.7. The molecular formula is C27H30N4O4. The third-order valence-electron chi connectivity index (χ3n) is 6.31. The van der Waals surface area contributed by atoms with Gasteiger partial charge in [0.05, 0.1) is 13.2 Å². The van der Waals surface area contributed by atoms with E-state index in [1.54, 1.807) is 18.7 Å². The zero-order chi connectivity index (χ0) is 25.0. The van der Waals surface area contributed by atoms with Crippen LogP contribution in [0.2, 0.25) is 0 Å². The number of aromatic nitrogens is 2. The molecule has 0 saturated carbocycles. The van der Waals surface area contributed by atoms with Crippen molar-refractivity contribution in [2.45, 2.75) is 52.4 Å². The number of ether oxygens (including phenoxy) is 1. The van der Waals surface area contributed by atoms with Gasteiger partial charge in [-0.15, -0.1) is 0 Å². The second-order valence-electron chi connectivity index (χ2n) is 8.80. The summed E-state index contributed by atoms with van der Waals surface area (Å²) in [6.07, 6.45) is 0.867. The molecule has 8 nitrogen and oxygen atoms in total. The van der Waals surface area contributed by atoms with Gasteiger partial charge < -0.3 is 15.0 Å². The van der Waals surface area contributed by atoms with Gasteiger partial charge in [-0.2, -0.15) is 5.10 Å². The lowest BCUT2D eigenvalue weighted by Crippen LogP contribution is -2.63. The van der Waals surface area contributed by atoms with E-state index in [0.717, 1.165) is 23.1 Å². The summed E-state index contributed by atoms with van der Waals surface area (Å²) in [4.78, 5) is 41.1. The molecule has 2 heterocycles. The molecule has 2 amide bonds. The van der Waals surface area contributed by atoms with Crippen LogP contribution in [-0.2, 0) is 35.6 Å². The number of nitrogens with one attached hydrogen (secondary N) is 1. The smallest absolute Gasteiger partial charge is 0.358 e. The molecule has 2 aromatic carbocycles. The lowest BCUT2D eigenvalue weighted by Gasteiger charge is -2.43. The molecule has 35 heavy (non-hydrogen) atoms. The molecule has 0 bridgehead atoms. The molecule has 1 aliphatic rings. The summed E-state index contributed by atoms with van der Waals surface area (Å²) in [5.41, 5.74) is 2.12. The Hall–Kier alpha value is -3.94. The highest BCUT2D eigenvalue weighted by atomic mass is 16.5. The molecule has 0 fully saturated rings. The Balaban J connectivity index is 1.68. The summed E-state index contributed by atoms with van der Waals surface area (Å²) in [5.74, 6) is -1.25. The highest BCUT2D eigenvalue weighted by Crippen LogP contribution is 2.30. The van der Waals surface area contributed by atoms with Crippen LogP contribution in [0.25, 0.3) is 0 Å². The Labute approximate surface area is 204 Å². The molecule has 1 aliphatic heterocycles. The van der Waals surface area contributed by atoms with Gasteiger partial charge in [-0.1, -0.05) is 61.5 Å². The number of carbonyl (C=O) groups excluding carboxylic acids is 3. The summed E-state index contributed by atoms with van der Waals surface area (Å²) < 4.78 is 6.50. The second-order valence-corrected chi connectivity index (χ2v) is 8.80. The number of benzene rings is 2. The van der Waals surface area contributed by atoms with Crippen LogP contribution in [0.5, 0.6) is 0 Å². The summed E-state index contributed by atoms with van der Waals surface area (Å²) in [6, 6.07) is 19.0. The molecule has 0 unspecified atom stereocenters. The highest BCUT2D eigenvalue weighted by Gasteiger charge is 2.48. The molecule has 0 aliphatic carbocycles. The largest absolute Gasteiger partial charge is 0.461 e. The van der Waals surface area contributed by atoms with Crippen molar-refractivity contribution in [2.75, 3.05) is 6.61 Å². The van der Waals surface area contributed by atoms with E-state index in [4.69, 9.17) is 4.74 Å². The van der Waals surface area contributed by atoms with Gasteiger partial charge >= 0.3 is 5.97 Å². The zero-order valence-electron chi connectivity index (χ0n) is 20.3. The van der Waals surface area contributed by atoms with Gasteiger partial charge in [-0.3, -0.25) is 14.3 Å². The third kappa shape index (κ3) is 4.96. The van der Waals surface area contributed by atoms with Crippen LogP contribution < -0.4 is 5.32 Å². The first-order valence-corrected chi connectivity index (χ1v) is 11.8. The summed E-state index contributed by atoms with van der Waals surface area (Å²) in [7, 11) is 0. The fourth-order valence-electron chi connectivity index (χ4n) is 4.29. The summed E-state index contributed by atoms with van der Waals surface area (Å²) in [5, 5.41) is 7.28. The molecule has 4 rings (SSSR count). The average molecular weight is 475 g/mol. The number of esters is 1. The minimum Gasteiger partial charge on any atom is -0.461 e. The minimum absolute atomic E-state index is 0.0528. The Bertz CT molecular complexity index is 1240. The van der Waals surface area contributed by atoms with Crippen molar-refractivity contribution in [2.24, 2.45) is 0 Å². The van der Waals surface area contributed by atoms with Gasteiger partial charge in [-0.05, 0) is 37.0 Å². The molecule has 182 valence electrons. The van der Waals surface area contributed by atoms with Gasteiger partial charge in [0.25, 0.3) is 5.91 Å². The normalized spacial score (nSPS) is 17.1. The molecule has 0 radical (unpaired) electrons. The Kier molecular flexibility index (Phi) is 7.00. The van der Waals surface area contributed by atoms with Crippen molar-refractivity contribution in [1.82, 2.24) is 20.0 Å². The number of hydrogen-bond donors (Lipinski definition) is 1. The molecule has 1 N–H and O–H groups in total. The standard InChI is InChI=1S/C27H30N4O4/c1-4-19-12-9-13-21(14-19)17-30-24(32)23-15-22(25(33)35-5-2)29-31(23)18-27(30,3)26(34)28-16-20-10-7-6-8-11-20/h6-15H,4-5,16-18H2,1-3H3,(H,28,34)/t27-/m1/s1. The topological polar surface area (TPSA) is 93.5 Å². The Morgan fingerprint density at radius 2 is 1.74 bits per heavy atom.